The highest BCUT2D eigenvalue weighted by Crippen LogP contribution is 2.04. The van der Waals surface area contributed by atoms with Crippen LogP contribution in [0.5, 0.6) is 0 Å². The van der Waals surface area contributed by atoms with E-state index in [4.69, 9.17) is 0 Å². The Labute approximate surface area is 97.4 Å². The third kappa shape index (κ3) is 4.55. The average molecular weight is 220 g/mol. The van der Waals surface area contributed by atoms with Crippen LogP contribution in [0.4, 0.5) is 0 Å². The van der Waals surface area contributed by atoms with Crippen LogP contribution in [0.15, 0.2) is 24.3 Å². The van der Waals surface area contributed by atoms with Crippen LogP contribution in [0.2, 0.25) is 0 Å². The number of carbonyl (C=O) groups is 1. The number of hydrazine groups is 1. The maximum atomic E-state index is 10.2. The molecule has 0 saturated heterocycles. The van der Waals surface area contributed by atoms with Crippen molar-refractivity contribution >= 4 is 6.29 Å². The standard InChI is InChI=1S/C13H20N2O/c1-3-12-5-7-13(8-6-12)11-14-15(2)9-4-10-16/h5-8,10,14H,3-4,9,11H2,1-2H3. The fourth-order valence-corrected chi connectivity index (χ4v) is 1.44. The van der Waals surface area contributed by atoms with Crippen molar-refractivity contribution in [3.8, 4) is 0 Å². The molecule has 0 aromatic heterocycles. The van der Waals surface area contributed by atoms with Crippen LogP contribution in [-0.4, -0.2) is 24.9 Å². The summed E-state index contributed by atoms with van der Waals surface area (Å²) < 4.78 is 0. The molecule has 3 nitrogen and oxygen atoms in total. The fraction of sp³-hybridized carbons (Fsp3) is 0.462. The number of benzene rings is 1. The van der Waals surface area contributed by atoms with Crippen molar-refractivity contribution in [2.24, 2.45) is 0 Å². The second-order valence-electron chi connectivity index (χ2n) is 3.88. The van der Waals surface area contributed by atoms with Crippen molar-refractivity contribution in [2.75, 3.05) is 13.6 Å². The van der Waals surface area contributed by atoms with Gasteiger partial charge in [0.25, 0.3) is 0 Å². The summed E-state index contributed by atoms with van der Waals surface area (Å²) in [6.45, 7) is 3.70. The molecule has 1 rings (SSSR count). The van der Waals surface area contributed by atoms with E-state index in [2.05, 4.69) is 36.6 Å². The maximum absolute atomic E-state index is 10.2. The van der Waals surface area contributed by atoms with E-state index in [1.165, 1.54) is 11.1 Å². The van der Waals surface area contributed by atoms with Gasteiger partial charge in [-0.05, 0) is 17.5 Å². The summed E-state index contributed by atoms with van der Waals surface area (Å²) in [5, 5.41) is 1.95. The van der Waals surface area contributed by atoms with Crippen LogP contribution >= 0.6 is 0 Å². The van der Waals surface area contributed by atoms with Gasteiger partial charge in [0.15, 0.2) is 0 Å². The van der Waals surface area contributed by atoms with Crippen LogP contribution < -0.4 is 5.43 Å². The number of rotatable bonds is 7. The van der Waals surface area contributed by atoms with Crippen molar-refractivity contribution in [2.45, 2.75) is 26.3 Å². The van der Waals surface area contributed by atoms with Gasteiger partial charge in [-0.15, -0.1) is 0 Å². The maximum Gasteiger partial charge on any atom is 0.121 e. The second kappa shape index (κ2) is 7.14. The third-order valence-electron chi connectivity index (χ3n) is 2.57. The van der Waals surface area contributed by atoms with Gasteiger partial charge in [0.2, 0.25) is 0 Å². The topological polar surface area (TPSA) is 32.3 Å². The van der Waals surface area contributed by atoms with E-state index in [1.54, 1.807) is 0 Å². The molecule has 0 atom stereocenters. The first-order valence-corrected chi connectivity index (χ1v) is 5.72. The van der Waals surface area contributed by atoms with Gasteiger partial charge in [0.05, 0.1) is 0 Å². The minimum absolute atomic E-state index is 0.568. The number of aryl methyl sites for hydroxylation is 1. The Bertz CT molecular complexity index is 308. The monoisotopic (exact) mass is 220 g/mol. The molecule has 0 bridgehead atoms. The zero-order valence-corrected chi connectivity index (χ0v) is 10.1. The molecule has 1 aromatic carbocycles. The van der Waals surface area contributed by atoms with Gasteiger partial charge in [-0.25, -0.2) is 5.01 Å². The molecule has 0 heterocycles. The molecule has 0 saturated carbocycles. The quantitative estimate of drug-likeness (QED) is 0.561. The predicted octanol–water partition coefficient (Wildman–Crippen LogP) is 1.77. The molecule has 3 heteroatoms. The highest BCUT2D eigenvalue weighted by Gasteiger charge is 1.97. The number of hydrogen-bond acceptors (Lipinski definition) is 3. The van der Waals surface area contributed by atoms with E-state index in [-0.39, 0.29) is 0 Å². The van der Waals surface area contributed by atoms with Crippen molar-refractivity contribution in [3.05, 3.63) is 35.4 Å². The highest BCUT2D eigenvalue weighted by molar-refractivity contribution is 5.49. The molecule has 0 radical (unpaired) electrons. The number of nitrogens with one attached hydrogen (secondary N) is 1. The largest absolute Gasteiger partial charge is 0.303 e. The van der Waals surface area contributed by atoms with Crippen molar-refractivity contribution in [1.29, 1.82) is 0 Å². The van der Waals surface area contributed by atoms with Crippen molar-refractivity contribution < 1.29 is 4.79 Å². The van der Waals surface area contributed by atoms with Gasteiger partial charge in [-0.3, -0.25) is 5.43 Å². The molecule has 0 amide bonds. The van der Waals surface area contributed by atoms with E-state index in [9.17, 15) is 4.79 Å². The molecule has 16 heavy (non-hydrogen) atoms. The summed E-state index contributed by atoms with van der Waals surface area (Å²) >= 11 is 0. The fourth-order valence-electron chi connectivity index (χ4n) is 1.44. The van der Waals surface area contributed by atoms with Crippen molar-refractivity contribution in [1.82, 2.24) is 10.4 Å². The van der Waals surface area contributed by atoms with Crippen LogP contribution in [-0.2, 0) is 17.8 Å². The zero-order valence-electron chi connectivity index (χ0n) is 10.1. The lowest BCUT2D eigenvalue weighted by Gasteiger charge is -2.16. The Morgan fingerprint density at radius 2 is 1.88 bits per heavy atom. The van der Waals surface area contributed by atoms with Gasteiger partial charge in [-0.1, -0.05) is 31.2 Å². The first-order chi connectivity index (χ1) is 7.76. The molecule has 1 aromatic rings. The van der Waals surface area contributed by atoms with Crippen molar-refractivity contribution in [3.63, 3.8) is 0 Å². The Balaban J connectivity index is 2.33. The zero-order chi connectivity index (χ0) is 11.8. The summed E-state index contributed by atoms with van der Waals surface area (Å²) in [6, 6.07) is 8.59. The Morgan fingerprint density at radius 3 is 2.44 bits per heavy atom. The molecule has 1 N–H and O–H groups in total. The number of nitrogens with zero attached hydrogens (tertiary/aromatic N) is 1. The molecular formula is C13H20N2O. The van der Waals surface area contributed by atoms with E-state index in [0.29, 0.717) is 6.42 Å². The van der Waals surface area contributed by atoms with Gasteiger partial charge >= 0.3 is 0 Å². The third-order valence-corrected chi connectivity index (χ3v) is 2.57. The Hall–Kier alpha value is -1.19. The lowest BCUT2D eigenvalue weighted by molar-refractivity contribution is -0.108. The summed E-state index contributed by atoms with van der Waals surface area (Å²) in [4.78, 5) is 10.2. The van der Waals surface area contributed by atoms with Crippen LogP contribution in [0.3, 0.4) is 0 Å². The summed E-state index contributed by atoms with van der Waals surface area (Å²) in [5.74, 6) is 0. The number of hydrogen-bond donors (Lipinski definition) is 1. The molecule has 0 unspecified atom stereocenters. The first kappa shape index (κ1) is 12.9. The Kier molecular flexibility index (Phi) is 5.75. The molecule has 0 fully saturated rings. The number of carbonyl (C=O) groups excluding carboxylic acids is 1. The van der Waals surface area contributed by atoms with Gasteiger partial charge < -0.3 is 4.79 Å². The van der Waals surface area contributed by atoms with E-state index in [0.717, 1.165) is 25.8 Å². The molecular weight excluding hydrogens is 200 g/mol. The van der Waals surface area contributed by atoms with Gasteiger partial charge in [0.1, 0.15) is 6.29 Å². The average Bonchev–Trinajstić information content (AvgIpc) is 2.34. The highest BCUT2D eigenvalue weighted by atomic mass is 16.1. The first-order valence-electron chi connectivity index (χ1n) is 5.72. The molecule has 0 aliphatic rings. The molecule has 88 valence electrons. The minimum Gasteiger partial charge on any atom is -0.303 e. The lowest BCUT2D eigenvalue weighted by atomic mass is 10.1. The summed E-state index contributed by atoms with van der Waals surface area (Å²) in [7, 11) is 1.95. The minimum atomic E-state index is 0.568. The van der Waals surface area contributed by atoms with Crippen LogP contribution in [0.1, 0.15) is 24.5 Å². The lowest BCUT2D eigenvalue weighted by Crippen LogP contribution is -2.34. The summed E-state index contributed by atoms with van der Waals surface area (Å²) in [5.41, 5.74) is 5.86. The van der Waals surface area contributed by atoms with E-state index in [1.807, 2.05) is 12.1 Å². The molecule has 0 spiro atoms. The SMILES string of the molecule is CCc1ccc(CNN(C)CCC=O)cc1. The molecule has 0 aliphatic carbocycles. The number of aldehydes is 1. The van der Waals surface area contributed by atoms with E-state index < -0.39 is 0 Å². The van der Waals surface area contributed by atoms with Crippen LogP contribution in [0.25, 0.3) is 0 Å². The van der Waals surface area contributed by atoms with Crippen LogP contribution in [0, 0.1) is 0 Å². The molecule has 0 aliphatic heterocycles. The second-order valence-corrected chi connectivity index (χ2v) is 3.88. The summed E-state index contributed by atoms with van der Waals surface area (Å²) in [6.07, 6.45) is 2.58. The smallest absolute Gasteiger partial charge is 0.121 e. The van der Waals surface area contributed by atoms with E-state index >= 15 is 0 Å². The van der Waals surface area contributed by atoms with Gasteiger partial charge in [-0.2, -0.15) is 0 Å². The Morgan fingerprint density at radius 1 is 1.25 bits per heavy atom. The van der Waals surface area contributed by atoms with Gasteiger partial charge in [0, 0.05) is 26.6 Å². The predicted molar refractivity (Wildman–Crippen MR) is 66.0 cm³/mol. The normalized spacial score (nSPS) is 10.7.